The summed E-state index contributed by atoms with van der Waals surface area (Å²) in [5, 5.41) is 13.5. The highest BCUT2D eigenvalue weighted by Crippen LogP contribution is 2.43. The minimum Gasteiger partial charge on any atom is -0.392 e. The number of hydroxylamine groups is 2. The molecule has 0 saturated carbocycles. The van der Waals surface area contributed by atoms with Crippen molar-refractivity contribution in [1.82, 2.24) is 5.06 Å². The van der Waals surface area contributed by atoms with E-state index >= 15 is 0 Å². The number of alkyl halides is 1. The van der Waals surface area contributed by atoms with Crippen molar-refractivity contribution >= 4 is 48.0 Å². The number of hydrogen-bond donors (Lipinski definition) is 1. The van der Waals surface area contributed by atoms with Crippen LogP contribution in [0.4, 0.5) is 10.1 Å². The summed E-state index contributed by atoms with van der Waals surface area (Å²) in [5.41, 5.74) is 6.63. The lowest BCUT2D eigenvalue weighted by Gasteiger charge is -2.41. The van der Waals surface area contributed by atoms with Crippen LogP contribution < -0.4 is 10.1 Å². The van der Waals surface area contributed by atoms with E-state index in [1.165, 1.54) is 16.1 Å². The Morgan fingerprint density at radius 2 is 1.77 bits per heavy atom. The summed E-state index contributed by atoms with van der Waals surface area (Å²) >= 11 is 0. The molecule has 0 spiro atoms. The molecular formula is C34H35FN3O5Si+. The Morgan fingerprint density at radius 1 is 1.05 bits per heavy atom. The van der Waals surface area contributed by atoms with Gasteiger partial charge >= 0.3 is 5.97 Å². The van der Waals surface area contributed by atoms with Gasteiger partial charge in [-0.05, 0) is 68.6 Å². The van der Waals surface area contributed by atoms with Gasteiger partial charge in [0.2, 0.25) is 0 Å². The Morgan fingerprint density at radius 3 is 2.43 bits per heavy atom. The highest BCUT2D eigenvalue weighted by Gasteiger charge is 2.42. The Hall–Kier alpha value is -4.15. The lowest BCUT2D eigenvalue weighted by molar-refractivity contribution is -0.601. The van der Waals surface area contributed by atoms with Crippen LogP contribution in [-0.2, 0) is 21.0 Å². The standard InChI is InChI=1S/C34H35FN3O5Si/c1-20-15-36(16-20)24-6-8-26-29(13-24)44(2,3)30-14-25(37-17-23(35)18-37)7-9-27(30)33(26)28-12-21(4-5-22(28)19-39)34(42)43-38-31(40)10-11-32(38)41/h4-9,12-14,20,23,39H,10-11,15-19H2,1-3H3/q+1. The van der Waals surface area contributed by atoms with Crippen LogP contribution in [-0.4, -0.2) is 78.7 Å². The molecule has 4 aliphatic heterocycles. The zero-order valence-corrected chi connectivity index (χ0v) is 26.1. The zero-order valence-electron chi connectivity index (χ0n) is 25.1. The van der Waals surface area contributed by atoms with Gasteiger partial charge in [-0.25, -0.2) is 13.8 Å². The Labute approximate surface area is 256 Å². The van der Waals surface area contributed by atoms with Crippen LogP contribution in [0.1, 0.15) is 46.8 Å². The zero-order chi connectivity index (χ0) is 30.9. The van der Waals surface area contributed by atoms with E-state index in [1.54, 1.807) is 18.2 Å². The molecule has 0 aromatic heterocycles. The quantitative estimate of drug-likeness (QED) is 0.316. The van der Waals surface area contributed by atoms with Crippen LogP contribution in [0, 0.1) is 5.92 Å². The number of carbonyl (C=O) groups is 3. The van der Waals surface area contributed by atoms with Crippen molar-refractivity contribution < 1.29 is 33.3 Å². The summed E-state index contributed by atoms with van der Waals surface area (Å²) in [7, 11) is -2.28. The number of benzene rings is 2. The lowest BCUT2D eigenvalue weighted by atomic mass is 9.86. The molecule has 5 aliphatic rings. The lowest BCUT2D eigenvalue weighted by Crippen LogP contribution is -2.52. The van der Waals surface area contributed by atoms with Crippen molar-refractivity contribution in [2.75, 3.05) is 31.1 Å². The Kier molecular flexibility index (Phi) is 6.82. The molecule has 3 fully saturated rings. The van der Waals surface area contributed by atoms with Crippen molar-refractivity contribution in [2.24, 2.45) is 5.92 Å². The van der Waals surface area contributed by atoms with Gasteiger partial charge in [0.25, 0.3) is 11.8 Å². The van der Waals surface area contributed by atoms with E-state index < -0.39 is 32.0 Å². The summed E-state index contributed by atoms with van der Waals surface area (Å²) in [6.45, 7) is 9.46. The average Bonchev–Trinajstić information content (AvgIpc) is 3.30. The monoisotopic (exact) mass is 612 g/mol. The summed E-state index contributed by atoms with van der Waals surface area (Å²) in [4.78, 5) is 44.7. The molecule has 2 aromatic rings. The normalized spacial score (nSPS) is 22.5. The smallest absolute Gasteiger partial charge is 0.363 e. The molecule has 3 saturated heterocycles. The van der Waals surface area contributed by atoms with Crippen LogP contribution in [0.5, 0.6) is 0 Å². The molecule has 0 unspecified atom stereocenters. The molecule has 226 valence electrons. The third-order valence-corrected chi connectivity index (χ3v) is 13.0. The fourth-order valence-electron chi connectivity index (χ4n) is 6.92. The van der Waals surface area contributed by atoms with Crippen molar-refractivity contribution in [3.63, 3.8) is 0 Å². The summed E-state index contributed by atoms with van der Waals surface area (Å²) in [5.74, 6) is -1.26. The summed E-state index contributed by atoms with van der Waals surface area (Å²) in [6.07, 6.45) is 5.82. The second kappa shape index (κ2) is 10.5. The maximum absolute atomic E-state index is 13.8. The van der Waals surface area contributed by atoms with E-state index in [2.05, 4.69) is 59.9 Å². The SMILES string of the molecule is CC1C[N+](=C2C=CC3=C(c4cc(C(=O)ON5C(=O)CCC5=O)ccc4CO)c4ccc(N5CC(F)C5)cc4[Si](C)(C)C3=C2)C1. The van der Waals surface area contributed by atoms with Gasteiger partial charge in [-0.3, -0.25) is 9.59 Å². The Balaban J connectivity index is 1.39. The fourth-order valence-corrected chi connectivity index (χ4v) is 9.99. The van der Waals surface area contributed by atoms with Crippen LogP contribution in [0.3, 0.4) is 0 Å². The first kappa shape index (κ1) is 28.6. The molecule has 0 bridgehead atoms. The minimum atomic E-state index is -2.28. The first-order chi connectivity index (χ1) is 21.0. The van der Waals surface area contributed by atoms with Crippen molar-refractivity contribution in [3.05, 3.63) is 87.6 Å². The second-order valence-corrected chi connectivity index (χ2v) is 17.3. The van der Waals surface area contributed by atoms with Gasteiger partial charge in [0.15, 0.2) is 18.8 Å². The fraction of sp³-hybridized carbons (Fsp3) is 0.353. The molecule has 44 heavy (non-hydrogen) atoms. The molecule has 0 atom stereocenters. The number of fused-ring (bicyclic) bond motifs is 2. The van der Waals surface area contributed by atoms with Crippen molar-refractivity contribution in [2.45, 2.75) is 45.6 Å². The third-order valence-electron chi connectivity index (χ3n) is 9.49. The summed E-state index contributed by atoms with van der Waals surface area (Å²) in [6, 6.07) is 11.2. The topological polar surface area (TPSA) is 90.2 Å². The maximum Gasteiger partial charge on any atom is 0.363 e. The first-order valence-corrected chi connectivity index (χ1v) is 18.2. The number of allylic oxidation sites excluding steroid dienone is 5. The predicted octanol–water partition coefficient (Wildman–Crippen LogP) is 3.43. The molecular weight excluding hydrogens is 577 g/mol. The van der Waals surface area contributed by atoms with E-state index in [-0.39, 0.29) is 25.0 Å². The van der Waals surface area contributed by atoms with E-state index in [4.69, 9.17) is 4.84 Å². The Bertz CT molecular complexity index is 1740. The number of amides is 2. The van der Waals surface area contributed by atoms with Gasteiger partial charge < -0.3 is 14.8 Å². The molecule has 4 heterocycles. The first-order valence-electron chi connectivity index (χ1n) is 15.2. The minimum absolute atomic E-state index is 0.00964. The predicted molar refractivity (Wildman–Crippen MR) is 167 cm³/mol. The third kappa shape index (κ3) is 4.59. The maximum atomic E-state index is 13.8. The van der Waals surface area contributed by atoms with Gasteiger partial charge in [0.1, 0.15) is 14.2 Å². The molecule has 1 N–H and O–H groups in total. The number of nitrogens with zero attached hydrogens (tertiary/aromatic N) is 3. The highest BCUT2D eigenvalue weighted by molar-refractivity contribution is 6.98. The van der Waals surface area contributed by atoms with Gasteiger partial charge in [-0.15, -0.1) is 5.06 Å². The van der Waals surface area contributed by atoms with Crippen LogP contribution in [0.2, 0.25) is 13.1 Å². The molecule has 10 heteroatoms. The van der Waals surface area contributed by atoms with E-state index in [0.29, 0.717) is 35.2 Å². The number of halogens is 1. The number of aliphatic hydroxyl groups is 1. The molecule has 2 aromatic carbocycles. The number of rotatable bonds is 5. The second-order valence-electron chi connectivity index (χ2n) is 13.0. The largest absolute Gasteiger partial charge is 0.392 e. The number of aliphatic hydroxyl groups excluding tert-OH is 1. The molecule has 0 radical (unpaired) electrons. The van der Waals surface area contributed by atoms with Crippen molar-refractivity contribution in [3.8, 4) is 0 Å². The van der Waals surface area contributed by atoms with Gasteiger partial charge in [0.05, 0.1) is 31.2 Å². The highest BCUT2D eigenvalue weighted by atomic mass is 28.3. The molecule has 7 rings (SSSR count). The van der Waals surface area contributed by atoms with Crippen LogP contribution in [0.15, 0.2) is 65.4 Å². The van der Waals surface area contributed by atoms with Gasteiger partial charge in [-0.1, -0.05) is 32.2 Å². The number of hydrogen-bond acceptors (Lipinski definition) is 6. The van der Waals surface area contributed by atoms with Gasteiger partial charge in [0, 0.05) is 30.7 Å². The van der Waals surface area contributed by atoms with Crippen LogP contribution in [0.25, 0.3) is 5.57 Å². The molecule has 8 nitrogen and oxygen atoms in total. The number of carbonyl (C=O) groups excluding carboxylic acids is 3. The molecule has 2 amide bonds. The van der Waals surface area contributed by atoms with Crippen molar-refractivity contribution in [1.29, 1.82) is 0 Å². The van der Waals surface area contributed by atoms with Gasteiger partial charge in [-0.2, -0.15) is 0 Å². The average molecular weight is 613 g/mol. The van der Waals surface area contributed by atoms with E-state index in [9.17, 15) is 23.9 Å². The number of imide groups is 1. The number of anilines is 1. The van der Waals surface area contributed by atoms with Crippen LogP contribution >= 0.6 is 0 Å². The summed E-state index contributed by atoms with van der Waals surface area (Å²) < 4.78 is 16.2. The van der Waals surface area contributed by atoms with E-state index in [1.807, 2.05) is 6.07 Å². The van der Waals surface area contributed by atoms with E-state index in [0.717, 1.165) is 35.5 Å². The molecule has 1 aliphatic carbocycles.